The molecule has 1 saturated carbocycles. The van der Waals surface area contributed by atoms with Crippen LogP contribution in [-0.2, 0) is 11.2 Å². The van der Waals surface area contributed by atoms with Gasteiger partial charge in [-0.25, -0.2) is 0 Å². The number of benzene rings is 1. The van der Waals surface area contributed by atoms with Gasteiger partial charge in [0.1, 0.15) is 0 Å². The van der Waals surface area contributed by atoms with Crippen molar-refractivity contribution in [1.82, 2.24) is 0 Å². The lowest BCUT2D eigenvalue weighted by atomic mass is 9.73. The number of aliphatic hydroxyl groups is 1. The van der Waals surface area contributed by atoms with Gasteiger partial charge in [0, 0.05) is 26.4 Å². The predicted octanol–water partition coefficient (Wildman–Crippen LogP) is 2.08. The van der Waals surface area contributed by atoms with Gasteiger partial charge in [-0.2, -0.15) is 0 Å². The van der Waals surface area contributed by atoms with Gasteiger partial charge in [0.25, 0.3) is 0 Å². The number of ether oxygens (including phenoxy) is 1. The van der Waals surface area contributed by atoms with Gasteiger partial charge in [0.15, 0.2) is 0 Å². The molecule has 1 aromatic carbocycles. The highest BCUT2D eigenvalue weighted by atomic mass is 16.5. The Morgan fingerprint density at radius 3 is 2.80 bits per heavy atom. The van der Waals surface area contributed by atoms with Crippen LogP contribution in [0, 0.1) is 6.92 Å². The van der Waals surface area contributed by atoms with Gasteiger partial charge in [0.2, 0.25) is 0 Å². The van der Waals surface area contributed by atoms with Gasteiger partial charge in [-0.15, -0.1) is 0 Å². The highest BCUT2D eigenvalue weighted by molar-refractivity contribution is 5.24. The highest BCUT2D eigenvalue weighted by Crippen LogP contribution is 2.36. The molecule has 0 aliphatic heterocycles. The Morgan fingerprint density at radius 2 is 2.20 bits per heavy atom. The largest absolute Gasteiger partial charge is 0.389 e. The van der Waals surface area contributed by atoms with E-state index in [2.05, 4.69) is 25.1 Å². The van der Waals surface area contributed by atoms with E-state index in [9.17, 15) is 5.11 Å². The maximum absolute atomic E-state index is 10.2. The predicted molar refractivity (Wildman–Crippen MR) is 59.9 cm³/mol. The van der Waals surface area contributed by atoms with E-state index in [1.165, 1.54) is 11.1 Å². The summed E-state index contributed by atoms with van der Waals surface area (Å²) in [6.07, 6.45) is 2.52. The standard InChI is InChI=1S/C13H18O2/c1-10-4-3-5-11(6-10)7-13(14)8-12(9-13)15-2/h3-6,12,14H,7-9H2,1-2H3. The van der Waals surface area contributed by atoms with E-state index in [0.717, 1.165) is 19.3 Å². The topological polar surface area (TPSA) is 29.5 Å². The zero-order valence-electron chi connectivity index (χ0n) is 9.36. The minimum absolute atomic E-state index is 0.250. The van der Waals surface area contributed by atoms with Crippen LogP contribution in [0.15, 0.2) is 24.3 Å². The molecule has 1 aromatic rings. The summed E-state index contributed by atoms with van der Waals surface area (Å²) in [6.45, 7) is 2.08. The second-order valence-electron chi connectivity index (χ2n) is 4.66. The zero-order chi connectivity index (χ0) is 10.9. The first-order valence-electron chi connectivity index (χ1n) is 5.42. The molecule has 0 spiro atoms. The summed E-state index contributed by atoms with van der Waals surface area (Å²) in [5.41, 5.74) is 1.93. The van der Waals surface area contributed by atoms with E-state index in [1.54, 1.807) is 7.11 Å². The third-order valence-corrected chi connectivity index (χ3v) is 3.16. The molecule has 0 heterocycles. The maximum atomic E-state index is 10.2. The lowest BCUT2D eigenvalue weighted by molar-refractivity contribution is -0.126. The van der Waals surface area contributed by atoms with E-state index >= 15 is 0 Å². The van der Waals surface area contributed by atoms with Crippen molar-refractivity contribution in [3.63, 3.8) is 0 Å². The Balaban J connectivity index is 1.98. The highest BCUT2D eigenvalue weighted by Gasteiger charge is 2.42. The van der Waals surface area contributed by atoms with Crippen LogP contribution in [0.1, 0.15) is 24.0 Å². The van der Waals surface area contributed by atoms with Gasteiger partial charge in [0.05, 0.1) is 11.7 Å². The molecule has 0 aromatic heterocycles. The summed E-state index contributed by atoms with van der Waals surface area (Å²) < 4.78 is 5.18. The zero-order valence-corrected chi connectivity index (χ0v) is 9.36. The normalized spacial score (nSPS) is 29.9. The molecule has 0 saturated heterocycles. The van der Waals surface area contributed by atoms with Crippen molar-refractivity contribution in [3.05, 3.63) is 35.4 Å². The number of hydrogen-bond acceptors (Lipinski definition) is 2. The number of methoxy groups -OCH3 is 1. The fourth-order valence-electron chi connectivity index (χ4n) is 2.30. The Labute approximate surface area is 90.9 Å². The molecule has 1 fully saturated rings. The lowest BCUT2D eigenvalue weighted by Gasteiger charge is -2.42. The average Bonchev–Trinajstić information content (AvgIpc) is 2.13. The van der Waals surface area contributed by atoms with Crippen molar-refractivity contribution in [1.29, 1.82) is 0 Å². The first-order valence-corrected chi connectivity index (χ1v) is 5.42. The fraction of sp³-hybridized carbons (Fsp3) is 0.538. The molecule has 0 atom stereocenters. The van der Waals surface area contributed by atoms with Crippen molar-refractivity contribution < 1.29 is 9.84 Å². The van der Waals surface area contributed by atoms with Gasteiger partial charge >= 0.3 is 0 Å². The SMILES string of the molecule is COC1CC(O)(Cc2cccc(C)c2)C1. The minimum atomic E-state index is -0.533. The van der Waals surface area contributed by atoms with E-state index in [0.29, 0.717) is 0 Å². The smallest absolute Gasteiger partial charge is 0.0737 e. The number of aryl methyl sites for hydroxylation is 1. The summed E-state index contributed by atoms with van der Waals surface area (Å²) >= 11 is 0. The first-order chi connectivity index (χ1) is 7.11. The molecule has 1 aliphatic rings. The quantitative estimate of drug-likeness (QED) is 0.820. The van der Waals surface area contributed by atoms with Crippen LogP contribution in [0.5, 0.6) is 0 Å². The first kappa shape index (κ1) is 10.7. The average molecular weight is 206 g/mol. The summed E-state index contributed by atoms with van der Waals surface area (Å²) in [5.74, 6) is 0. The van der Waals surface area contributed by atoms with Gasteiger partial charge in [-0.05, 0) is 12.5 Å². The van der Waals surface area contributed by atoms with Crippen LogP contribution in [0.3, 0.4) is 0 Å². The molecule has 82 valence electrons. The molecule has 2 heteroatoms. The van der Waals surface area contributed by atoms with Crippen molar-refractivity contribution in [3.8, 4) is 0 Å². The molecule has 0 unspecified atom stereocenters. The molecule has 2 nitrogen and oxygen atoms in total. The summed E-state index contributed by atoms with van der Waals surface area (Å²) in [7, 11) is 1.71. The van der Waals surface area contributed by atoms with Crippen molar-refractivity contribution in [2.45, 2.75) is 37.9 Å². The third kappa shape index (κ3) is 2.39. The van der Waals surface area contributed by atoms with Crippen LogP contribution >= 0.6 is 0 Å². The van der Waals surface area contributed by atoms with Gasteiger partial charge in [-0.3, -0.25) is 0 Å². The molecule has 1 aliphatic carbocycles. The van der Waals surface area contributed by atoms with Gasteiger partial charge < -0.3 is 9.84 Å². The van der Waals surface area contributed by atoms with Crippen LogP contribution in [-0.4, -0.2) is 23.9 Å². The van der Waals surface area contributed by atoms with E-state index in [4.69, 9.17) is 4.74 Å². The van der Waals surface area contributed by atoms with Crippen molar-refractivity contribution >= 4 is 0 Å². The van der Waals surface area contributed by atoms with E-state index < -0.39 is 5.60 Å². The third-order valence-electron chi connectivity index (χ3n) is 3.16. The Morgan fingerprint density at radius 1 is 1.47 bits per heavy atom. The molecule has 1 N–H and O–H groups in total. The van der Waals surface area contributed by atoms with Crippen LogP contribution < -0.4 is 0 Å². The summed E-state index contributed by atoms with van der Waals surface area (Å²) in [4.78, 5) is 0. The molecule has 2 rings (SSSR count). The Hall–Kier alpha value is -0.860. The summed E-state index contributed by atoms with van der Waals surface area (Å²) in [5, 5.41) is 10.2. The number of rotatable bonds is 3. The Bertz CT molecular complexity index is 340. The molecule has 15 heavy (non-hydrogen) atoms. The molecule has 0 bridgehead atoms. The molecule has 0 amide bonds. The van der Waals surface area contributed by atoms with Crippen LogP contribution in [0.25, 0.3) is 0 Å². The minimum Gasteiger partial charge on any atom is -0.389 e. The maximum Gasteiger partial charge on any atom is 0.0737 e. The van der Waals surface area contributed by atoms with Gasteiger partial charge in [-0.1, -0.05) is 29.8 Å². The molecule has 0 radical (unpaired) electrons. The van der Waals surface area contributed by atoms with Crippen molar-refractivity contribution in [2.24, 2.45) is 0 Å². The molecular weight excluding hydrogens is 188 g/mol. The van der Waals surface area contributed by atoms with E-state index in [-0.39, 0.29) is 6.10 Å². The summed E-state index contributed by atoms with van der Waals surface area (Å²) in [6, 6.07) is 8.33. The van der Waals surface area contributed by atoms with Crippen LogP contribution in [0.4, 0.5) is 0 Å². The van der Waals surface area contributed by atoms with Crippen LogP contribution in [0.2, 0.25) is 0 Å². The van der Waals surface area contributed by atoms with E-state index in [1.807, 2.05) is 6.07 Å². The number of hydrogen-bond donors (Lipinski definition) is 1. The Kier molecular flexibility index (Phi) is 2.81. The second-order valence-corrected chi connectivity index (χ2v) is 4.66. The van der Waals surface area contributed by atoms with Crippen molar-refractivity contribution in [2.75, 3.05) is 7.11 Å². The monoisotopic (exact) mass is 206 g/mol. The second kappa shape index (κ2) is 3.95. The molecular formula is C13H18O2. The lowest BCUT2D eigenvalue weighted by Crippen LogP contribution is -2.49. The fourth-order valence-corrected chi connectivity index (χ4v) is 2.30.